The zero-order valence-corrected chi connectivity index (χ0v) is 10.0. The molecule has 0 radical (unpaired) electrons. The van der Waals surface area contributed by atoms with Crippen LogP contribution in [0.1, 0.15) is 13.8 Å². The van der Waals surface area contributed by atoms with E-state index >= 15 is 0 Å². The summed E-state index contributed by atoms with van der Waals surface area (Å²) in [4.78, 5) is 21.7. The van der Waals surface area contributed by atoms with Crippen molar-refractivity contribution >= 4 is 11.9 Å². The Morgan fingerprint density at radius 2 is 2.00 bits per heavy atom. The molecular formula is C11H16O6. The van der Waals surface area contributed by atoms with Gasteiger partial charge in [0, 0.05) is 21.0 Å². The molecule has 3 atom stereocenters. The molecule has 6 heteroatoms. The molecule has 0 fully saturated rings. The average Bonchev–Trinajstić information content (AvgIpc) is 2.26. The molecule has 3 unspecified atom stereocenters. The van der Waals surface area contributed by atoms with Crippen LogP contribution in [0.25, 0.3) is 0 Å². The van der Waals surface area contributed by atoms with Crippen LogP contribution in [0.4, 0.5) is 0 Å². The van der Waals surface area contributed by atoms with E-state index in [1.54, 1.807) is 6.08 Å². The van der Waals surface area contributed by atoms with Crippen LogP contribution in [0, 0.1) is 0 Å². The summed E-state index contributed by atoms with van der Waals surface area (Å²) in [6.07, 6.45) is 1.49. The van der Waals surface area contributed by atoms with Crippen LogP contribution in [-0.2, 0) is 28.5 Å². The Bertz CT molecular complexity index is 311. The first-order valence-electron chi connectivity index (χ1n) is 5.20. The van der Waals surface area contributed by atoms with E-state index in [1.165, 1.54) is 27.2 Å². The Morgan fingerprint density at radius 3 is 2.53 bits per heavy atom. The van der Waals surface area contributed by atoms with E-state index in [0.717, 1.165) is 0 Å². The quantitative estimate of drug-likeness (QED) is 0.667. The van der Waals surface area contributed by atoms with E-state index in [0.29, 0.717) is 0 Å². The Morgan fingerprint density at radius 1 is 1.29 bits per heavy atom. The number of carbonyl (C=O) groups is 2. The number of hydrogen-bond donors (Lipinski definition) is 0. The van der Waals surface area contributed by atoms with Gasteiger partial charge in [-0.1, -0.05) is 0 Å². The van der Waals surface area contributed by atoms with Crippen molar-refractivity contribution < 1.29 is 28.5 Å². The van der Waals surface area contributed by atoms with E-state index in [4.69, 9.17) is 18.9 Å². The molecule has 1 heterocycles. The number of hydrogen-bond acceptors (Lipinski definition) is 6. The summed E-state index contributed by atoms with van der Waals surface area (Å²) in [7, 11) is 1.50. The van der Waals surface area contributed by atoms with Gasteiger partial charge in [0.05, 0.1) is 6.26 Å². The summed E-state index contributed by atoms with van der Waals surface area (Å²) in [5, 5.41) is 0. The highest BCUT2D eigenvalue weighted by Gasteiger charge is 2.35. The maximum Gasteiger partial charge on any atom is 0.303 e. The van der Waals surface area contributed by atoms with Gasteiger partial charge in [0.25, 0.3) is 0 Å². The molecular weight excluding hydrogens is 228 g/mol. The predicted molar refractivity (Wildman–Crippen MR) is 57.0 cm³/mol. The van der Waals surface area contributed by atoms with Crippen LogP contribution in [0.15, 0.2) is 12.3 Å². The molecule has 0 spiro atoms. The van der Waals surface area contributed by atoms with Gasteiger partial charge in [0.2, 0.25) is 0 Å². The Labute approximate surface area is 99.5 Å². The molecule has 1 aliphatic heterocycles. The van der Waals surface area contributed by atoms with Gasteiger partial charge in [-0.2, -0.15) is 0 Å². The van der Waals surface area contributed by atoms with Gasteiger partial charge >= 0.3 is 11.9 Å². The predicted octanol–water partition coefficient (Wildman–Crippen LogP) is 0.409. The summed E-state index contributed by atoms with van der Waals surface area (Å²) < 4.78 is 20.4. The molecule has 0 aromatic rings. The molecule has 0 saturated carbocycles. The molecule has 96 valence electrons. The molecule has 1 aliphatic rings. The van der Waals surface area contributed by atoms with Crippen LogP contribution < -0.4 is 0 Å². The first kappa shape index (κ1) is 13.5. The first-order chi connectivity index (χ1) is 8.04. The van der Waals surface area contributed by atoms with Crippen molar-refractivity contribution in [3.8, 4) is 0 Å². The topological polar surface area (TPSA) is 71.1 Å². The van der Waals surface area contributed by atoms with Crippen LogP contribution in [-0.4, -0.2) is 44.0 Å². The average molecular weight is 244 g/mol. The maximum absolute atomic E-state index is 11.0. The lowest BCUT2D eigenvalue weighted by molar-refractivity contribution is -0.170. The minimum Gasteiger partial charge on any atom is -0.491 e. The smallest absolute Gasteiger partial charge is 0.303 e. The molecule has 1 rings (SSSR count). The van der Waals surface area contributed by atoms with Crippen molar-refractivity contribution in [2.24, 2.45) is 0 Å². The SMILES string of the molecule is COC1C=COC(COC(C)=O)C1OC(C)=O. The molecule has 0 bridgehead atoms. The zero-order chi connectivity index (χ0) is 12.8. The summed E-state index contributed by atoms with van der Waals surface area (Å²) >= 11 is 0. The minimum absolute atomic E-state index is 0.0114. The summed E-state index contributed by atoms with van der Waals surface area (Å²) in [5.74, 6) is -0.859. The highest BCUT2D eigenvalue weighted by atomic mass is 16.6. The van der Waals surface area contributed by atoms with E-state index in [9.17, 15) is 9.59 Å². The van der Waals surface area contributed by atoms with Gasteiger partial charge in [0.15, 0.2) is 12.2 Å². The Balaban J connectivity index is 2.67. The third-order valence-electron chi connectivity index (χ3n) is 2.24. The van der Waals surface area contributed by atoms with E-state index < -0.39 is 30.3 Å². The van der Waals surface area contributed by atoms with Crippen molar-refractivity contribution in [1.82, 2.24) is 0 Å². The van der Waals surface area contributed by atoms with E-state index in [1.807, 2.05) is 0 Å². The highest BCUT2D eigenvalue weighted by Crippen LogP contribution is 2.19. The fourth-order valence-corrected chi connectivity index (χ4v) is 1.50. The minimum atomic E-state index is -0.623. The normalized spacial score (nSPS) is 27.1. The molecule has 0 aliphatic carbocycles. The molecule has 0 N–H and O–H groups in total. The summed E-state index contributed by atoms with van der Waals surface area (Å²) in [5.41, 5.74) is 0. The second kappa shape index (κ2) is 6.24. The molecule has 0 amide bonds. The van der Waals surface area contributed by atoms with Crippen LogP contribution >= 0.6 is 0 Å². The third kappa shape index (κ3) is 4.07. The van der Waals surface area contributed by atoms with Crippen molar-refractivity contribution in [1.29, 1.82) is 0 Å². The third-order valence-corrected chi connectivity index (χ3v) is 2.24. The fraction of sp³-hybridized carbons (Fsp3) is 0.636. The van der Waals surface area contributed by atoms with Crippen molar-refractivity contribution in [3.63, 3.8) is 0 Å². The van der Waals surface area contributed by atoms with Gasteiger partial charge < -0.3 is 18.9 Å². The van der Waals surface area contributed by atoms with Crippen LogP contribution in [0.3, 0.4) is 0 Å². The second-order valence-corrected chi connectivity index (χ2v) is 3.58. The van der Waals surface area contributed by atoms with Gasteiger partial charge in [-0.15, -0.1) is 0 Å². The Hall–Kier alpha value is -1.56. The maximum atomic E-state index is 11.0. The molecule has 0 aromatic heterocycles. The van der Waals surface area contributed by atoms with Crippen molar-refractivity contribution in [3.05, 3.63) is 12.3 Å². The number of carbonyl (C=O) groups excluding carboxylic acids is 2. The van der Waals surface area contributed by atoms with Crippen molar-refractivity contribution in [2.75, 3.05) is 13.7 Å². The van der Waals surface area contributed by atoms with E-state index in [2.05, 4.69) is 0 Å². The fourth-order valence-electron chi connectivity index (χ4n) is 1.50. The standard InChI is InChI=1S/C11H16O6/c1-7(12)16-6-10-11(17-8(2)13)9(14-3)4-5-15-10/h4-5,9-11H,6H2,1-3H3. The van der Waals surface area contributed by atoms with Gasteiger partial charge in [-0.05, 0) is 6.08 Å². The number of esters is 2. The highest BCUT2D eigenvalue weighted by molar-refractivity contribution is 5.66. The lowest BCUT2D eigenvalue weighted by Gasteiger charge is -2.32. The second-order valence-electron chi connectivity index (χ2n) is 3.58. The van der Waals surface area contributed by atoms with Crippen molar-refractivity contribution in [2.45, 2.75) is 32.2 Å². The zero-order valence-electron chi connectivity index (χ0n) is 10.0. The monoisotopic (exact) mass is 244 g/mol. The summed E-state index contributed by atoms with van der Waals surface area (Å²) in [6.45, 7) is 2.61. The lowest BCUT2D eigenvalue weighted by Crippen LogP contribution is -2.46. The first-order valence-corrected chi connectivity index (χ1v) is 5.20. The van der Waals surface area contributed by atoms with Crippen LogP contribution in [0.2, 0.25) is 0 Å². The molecule has 0 aromatic carbocycles. The largest absolute Gasteiger partial charge is 0.491 e. The van der Waals surface area contributed by atoms with Gasteiger partial charge in [-0.25, -0.2) is 0 Å². The number of methoxy groups -OCH3 is 1. The number of ether oxygens (including phenoxy) is 4. The van der Waals surface area contributed by atoms with Gasteiger partial charge in [0.1, 0.15) is 12.7 Å². The lowest BCUT2D eigenvalue weighted by atomic mass is 10.1. The Kier molecular flexibility index (Phi) is 4.96. The molecule has 6 nitrogen and oxygen atoms in total. The van der Waals surface area contributed by atoms with Gasteiger partial charge in [-0.3, -0.25) is 9.59 Å². The molecule has 17 heavy (non-hydrogen) atoms. The summed E-state index contributed by atoms with van der Waals surface area (Å²) in [6, 6.07) is 0. The number of rotatable bonds is 4. The van der Waals surface area contributed by atoms with E-state index in [-0.39, 0.29) is 6.61 Å². The molecule has 0 saturated heterocycles. The van der Waals surface area contributed by atoms with Crippen LogP contribution in [0.5, 0.6) is 0 Å².